The van der Waals surface area contributed by atoms with Gasteiger partial charge >= 0.3 is 0 Å². The fourth-order valence-electron chi connectivity index (χ4n) is 3.32. The lowest BCUT2D eigenvalue weighted by atomic mass is 10.0. The number of aromatic nitrogens is 1. The normalized spacial score (nSPS) is 22.9. The Labute approximate surface area is 143 Å². The molecule has 2 atom stereocenters. The highest BCUT2D eigenvalue weighted by Crippen LogP contribution is 2.30. The van der Waals surface area contributed by atoms with Gasteiger partial charge < -0.3 is 10.2 Å². The Morgan fingerprint density at radius 1 is 1.48 bits per heavy atom. The van der Waals surface area contributed by atoms with Gasteiger partial charge in [0.25, 0.3) is 6.43 Å². The number of nitroso groups, excluding NO2 is 1. The maximum Gasteiger partial charge on any atom is 0.280 e. The van der Waals surface area contributed by atoms with Crippen molar-refractivity contribution < 1.29 is 18.4 Å². The summed E-state index contributed by atoms with van der Waals surface area (Å²) in [5.74, 6) is -0.249. The third-order valence-corrected chi connectivity index (χ3v) is 4.55. The van der Waals surface area contributed by atoms with Crippen molar-refractivity contribution in [3.63, 3.8) is 0 Å². The molecule has 0 aromatic carbocycles. The molecule has 0 saturated carbocycles. The Balaban J connectivity index is 1.78. The SMILES string of the molecule is C=CC(=O)NCC1CN(c2ccc(C(F)F)nc2)C2CC[N+](=O)N2C1. The highest BCUT2D eigenvalue weighted by atomic mass is 19.3. The fraction of sp³-hybridized carbons (Fsp3) is 0.500. The molecule has 0 aliphatic carbocycles. The van der Waals surface area contributed by atoms with Gasteiger partial charge in [-0.15, -0.1) is 5.01 Å². The average molecular weight is 352 g/mol. The number of hydrogen-bond donors (Lipinski definition) is 1. The molecule has 1 amide bonds. The molecule has 2 fully saturated rings. The van der Waals surface area contributed by atoms with E-state index in [1.165, 1.54) is 18.3 Å². The van der Waals surface area contributed by atoms with E-state index in [1.807, 2.05) is 4.90 Å². The number of rotatable bonds is 5. The molecule has 3 rings (SSSR count). The van der Waals surface area contributed by atoms with Crippen LogP contribution in [0.2, 0.25) is 0 Å². The summed E-state index contributed by atoms with van der Waals surface area (Å²) in [4.78, 5) is 30.2. The second kappa shape index (κ2) is 7.12. The van der Waals surface area contributed by atoms with E-state index in [1.54, 1.807) is 11.1 Å². The second-order valence-corrected chi connectivity index (χ2v) is 6.18. The van der Waals surface area contributed by atoms with Crippen LogP contribution in [0.15, 0.2) is 31.0 Å². The van der Waals surface area contributed by atoms with Crippen LogP contribution in [0.5, 0.6) is 0 Å². The fourth-order valence-corrected chi connectivity index (χ4v) is 3.32. The predicted molar refractivity (Wildman–Crippen MR) is 86.8 cm³/mol. The van der Waals surface area contributed by atoms with Crippen LogP contribution >= 0.6 is 0 Å². The quantitative estimate of drug-likeness (QED) is 0.642. The summed E-state index contributed by atoms with van der Waals surface area (Å²) >= 11 is 0. The highest BCUT2D eigenvalue weighted by molar-refractivity contribution is 5.86. The molecule has 134 valence electrons. The Morgan fingerprint density at radius 3 is 2.92 bits per heavy atom. The summed E-state index contributed by atoms with van der Waals surface area (Å²) < 4.78 is 25.4. The monoisotopic (exact) mass is 352 g/mol. The number of hydrogen-bond acceptors (Lipinski definition) is 4. The van der Waals surface area contributed by atoms with E-state index in [4.69, 9.17) is 0 Å². The maximum atomic E-state index is 12.7. The molecule has 0 radical (unpaired) electrons. The van der Waals surface area contributed by atoms with Crippen LogP contribution in [0.4, 0.5) is 14.5 Å². The van der Waals surface area contributed by atoms with Gasteiger partial charge in [0.2, 0.25) is 12.5 Å². The number of pyridine rings is 1. The highest BCUT2D eigenvalue weighted by Gasteiger charge is 2.47. The van der Waals surface area contributed by atoms with Gasteiger partial charge in [-0.25, -0.2) is 8.78 Å². The summed E-state index contributed by atoms with van der Waals surface area (Å²) in [7, 11) is 0. The molecule has 2 aliphatic heterocycles. The van der Waals surface area contributed by atoms with Gasteiger partial charge in [0, 0.05) is 19.0 Å². The first-order valence-electron chi connectivity index (χ1n) is 8.12. The molecular formula is C16H20F2N5O2+. The zero-order chi connectivity index (χ0) is 18.0. The van der Waals surface area contributed by atoms with E-state index in [0.717, 1.165) is 4.87 Å². The summed E-state index contributed by atoms with van der Waals surface area (Å²) in [6.07, 6.45) is 0.538. The van der Waals surface area contributed by atoms with Gasteiger partial charge in [0.05, 0.1) is 29.8 Å². The molecule has 2 unspecified atom stereocenters. The van der Waals surface area contributed by atoms with Crippen LogP contribution in [0.3, 0.4) is 0 Å². The summed E-state index contributed by atoms with van der Waals surface area (Å²) in [5.41, 5.74) is 0.415. The smallest absolute Gasteiger partial charge is 0.280 e. The first-order chi connectivity index (χ1) is 12.0. The topological polar surface area (TPSA) is 68.5 Å². The molecule has 1 N–H and O–H groups in total. The van der Waals surface area contributed by atoms with Crippen molar-refractivity contribution in [1.82, 2.24) is 15.3 Å². The van der Waals surface area contributed by atoms with Gasteiger partial charge in [0.1, 0.15) is 10.6 Å². The molecule has 2 aliphatic rings. The van der Waals surface area contributed by atoms with Crippen molar-refractivity contribution in [2.75, 3.05) is 31.1 Å². The lowest BCUT2D eigenvalue weighted by Crippen LogP contribution is -2.57. The Morgan fingerprint density at radius 2 is 2.28 bits per heavy atom. The van der Waals surface area contributed by atoms with E-state index in [0.29, 0.717) is 38.3 Å². The number of halogens is 2. The molecule has 9 heteroatoms. The molecular weight excluding hydrogens is 332 g/mol. The standard InChI is InChI=1S/C16H19F2N5O2/c1-2-14(24)20-7-11-9-21(15-5-6-23(25)22(15)10-11)12-3-4-13(16(17)18)19-8-12/h2-4,8,11,15-16H,1,5-7,9-10H2/p+1. The van der Waals surface area contributed by atoms with E-state index < -0.39 is 6.43 Å². The molecule has 3 heterocycles. The number of carbonyl (C=O) groups is 1. The molecule has 25 heavy (non-hydrogen) atoms. The van der Waals surface area contributed by atoms with E-state index >= 15 is 0 Å². The van der Waals surface area contributed by atoms with Crippen molar-refractivity contribution in [3.8, 4) is 0 Å². The average Bonchev–Trinajstić information content (AvgIpc) is 3.00. The number of hydrazine groups is 1. The van der Waals surface area contributed by atoms with Crippen LogP contribution in [0.25, 0.3) is 0 Å². The number of amides is 1. The second-order valence-electron chi connectivity index (χ2n) is 6.18. The van der Waals surface area contributed by atoms with Gasteiger partial charge in [-0.3, -0.25) is 9.78 Å². The molecule has 0 spiro atoms. The third kappa shape index (κ3) is 3.59. The number of anilines is 1. The van der Waals surface area contributed by atoms with Crippen molar-refractivity contribution in [2.45, 2.75) is 19.0 Å². The number of alkyl halides is 2. The van der Waals surface area contributed by atoms with Crippen LogP contribution in [-0.2, 0) is 4.79 Å². The minimum atomic E-state index is -2.61. The van der Waals surface area contributed by atoms with Crippen LogP contribution in [-0.4, -0.2) is 53.1 Å². The minimum absolute atomic E-state index is 0.0180. The Bertz CT molecular complexity index is 667. The number of carbonyl (C=O) groups excluding carboxylic acids is 1. The van der Waals surface area contributed by atoms with Crippen LogP contribution in [0.1, 0.15) is 18.5 Å². The number of fused-ring (bicyclic) bond motifs is 1. The van der Waals surface area contributed by atoms with Crippen molar-refractivity contribution in [2.24, 2.45) is 5.92 Å². The molecule has 7 nitrogen and oxygen atoms in total. The Hall–Kier alpha value is -2.58. The maximum absolute atomic E-state index is 12.7. The molecule has 0 bridgehead atoms. The third-order valence-electron chi connectivity index (χ3n) is 4.55. The Kier molecular flexibility index (Phi) is 4.91. The van der Waals surface area contributed by atoms with Crippen molar-refractivity contribution in [3.05, 3.63) is 41.6 Å². The van der Waals surface area contributed by atoms with E-state index in [-0.39, 0.29) is 23.7 Å². The predicted octanol–water partition coefficient (Wildman–Crippen LogP) is 1.48. The van der Waals surface area contributed by atoms with Gasteiger partial charge in [-0.05, 0) is 18.2 Å². The number of nitrogens with zero attached hydrogens (tertiary/aromatic N) is 4. The number of nitrogens with one attached hydrogen (secondary N) is 1. The molecule has 1 aromatic rings. The van der Waals surface area contributed by atoms with E-state index in [9.17, 15) is 18.5 Å². The minimum Gasteiger partial charge on any atom is -0.352 e. The van der Waals surface area contributed by atoms with Crippen LogP contribution in [0, 0.1) is 10.8 Å². The zero-order valence-electron chi connectivity index (χ0n) is 13.6. The summed E-state index contributed by atoms with van der Waals surface area (Å²) in [5, 5.41) is 4.46. The first kappa shape index (κ1) is 17.2. The summed E-state index contributed by atoms with van der Waals surface area (Å²) in [6.45, 7) is 5.33. The summed E-state index contributed by atoms with van der Waals surface area (Å²) in [6, 6.07) is 2.90. The van der Waals surface area contributed by atoms with Crippen molar-refractivity contribution in [1.29, 1.82) is 0 Å². The van der Waals surface area contributed by atoms with Gasteiger partial charge in [-0.2, -0.15) is 0 Å². The lowest BCUT2D eigenvalue weighted by molar-refractivity contribution is -0.692. The molecule has 1 aromatic heterocycles. The largest absolute Gasteiger partial charge is 0.352 e. The molecule has 2 saturated heterocycles. The van der Waals surface area contributed by atoms with E-state index in [2.05, 4.69) is 16.9 Å². The van der Waals surface area contributed by atoms with Crippen LogP contribution < -0.4 is 10.2 Å². The first-order valence-corrected chi connectivity index (χ1v) is 8.12. The van der Waals surface area contributed by atoms with Crippen molar-refractivity contribution >= 4 is 11.6 Å². The lowest BCUT2D eigenvalue weighted by Gasteiger charge is -2.40. The van der Waals surface area contributed by atoms with Gasteiger partial charge in [0.15, 0.2) is 6.17 Å². The van der Waals surface area contributed by atoms with Gasteiger partial charge in [-0.1, -0.05) is 6.58 Å². The zero-order valence-corrected chi connectivity index (χ0v) is 13.6.